The fourth-order valence-corrected chi connectivity index (χ4v) is 8.61. The van der Waals surface area contributed by atoms with Crippen molar-refractivity contribution >= 4 is 87.1 Å². The van der Waals surface area contributed by atoms with E-state index in [0.29, 0.717) is 86.4 Å². The first-order valence-electron chi connectivity index (χ1n) is 22.0. The van der Waals surface area contributed by atoms with Crippen LogP contribution in [-0.2, 0) is 54.0 Å². The van der Waals surface area contributed by atoms with E-state index in [-0.39, 0.29) is 86.3 Å². The van der Waals surface area contributed by atoms with Crippen LogP contribution in [0.5, 0.6) is 0 Å². The smallest absolute Gasteiger partial charge is 0.332 e. The molecular formula is C44H49Cl2N11O11. The number of piperazine rings is 1. The van der Waals surface area contributed by atoms with E-state index >= 15 is 0 Å². The number of halogens is 2. The summed E-state index contributed by atoms with van der Waals surface area (Å²) in [6.45, 7) is 3.85. The van der Waals surface area contributed by atoms with Crippen LogP contribution in [0.4, 0.5) is 11.6 Å². The summed E-state index contributed by atoms with van der Waals surface area (Å²) in [4.78, 5) is 99.4. The predicted molar refractivity (Wildman–Crippen MR) is 249 cm³/mol. The van der Waals surface area contributed by atoms with Crippen LogP contribution in [-0.4, -0.2) is 155 Å². The zero-order valence-electron chi connectivity index (χ0n) is 37.3. The van der Waals surface area contributed by atoms with Crippen molar-refractivity contribution in [2.45, 2.75) is 38.3 Å². The van der Waals surface area contributed by atoms with Crippen LogP contribution in [0.25, 0.3) is 11.2 Å². The summed E-state index contributed by atoms with van der Waals surface area (Å²) >= 11 is 12.4. The topological polar surface area (TPSA) is 243 Å². The third-order valence-electron chi connectivity index (χ3n) is 11.9. The van der Waals surface area contributed by atoms with Crippen molar-refractivity contribution in [3.63, 3.8) is 0 Å². The highest BCUT2D eigenvalue weighted by atomic mass is 35.5. The molecule has 4 aromatic rings. The highest BCUT2D eigenvalue weighted by Gasteiger charge is 2.45. The van der Waals surface area contributed by atoms with E-state index in [2.05, 4.69) is 20.8 Å². The van der Waals surface area contributed by atoms with Gasteiger partial charge in [0.1, 0.15) is 12.6 Å². The highest BCUT2D eigenvalue weighted by molar-refractivity contribution is 6.42. The van der Waals surface area contributed by atoms with Gasteiger partial charge in [0.2, 0.25) is 29.6 Å². The van der Waals surface area contributed by atoms with Crippen LogP contribution in [0.3, 0.4) is 0 Å². The molecule has 8 rings (SSSR count). The molecule has 4 aliphatic rings. The van der Waals surface area contributed by atoms with Crippen LogP contribution >= 0.6 is 23.2 Å². The molecule has 0 saturated carbocycles. The molecule has 68 heavy (non-hydrogen) atoms. The van der Waals surface area contributed by atoms with Gasteiger partial charge < -0.3 is 34.1 Å². The van der Waals surface area contributed by atoms with Gasteiger partial charge in [0.05, 0.1) is 79.6 Å². The average Bonchev–Trinajstić information content (AvgIpc) is 3.71. The van der Waals surface area contributed by atoms with Gasteiger partial charge >= 0.3 is 5.69 Å². The molecule has 1 unspecified atom stereocenters. The molecule has 4 aliphatic heterocycles. The Morgan fingerprint density at radius 2 is 1.59 bits per heavy atom. The van der Waals surface area contributed by atoms with Gasteiger partial charge in [-0.2, -0.15) is 10.1 Å². The van der Waals surface area contributed by atoms with Crippen molar-refractivity contribution in [3.8, 4) is 0 Å². The summed E-state index contributed by atoms with van der Waals surface area (Å²) in [5, 5.41) is 15.0. The molecule has 0 bridgehead atoms. The maximum Gasteiger partial charge on any atom is 0.332 e. The molecular weight excluding hydrogens is 929 g/mol. The second-order valence-corrected chi connectivity index (χ2v) is 17.0. The Morgan fingerprint density at radius 3 is 2.32 bits per heavy atom. The molecule has 24 heteroatoms. The number of ether oxygens (including phenoxy) is 4. The molecule has 2 aromatic carbocycles. The van der Waals surface area contributed by atoms with Gasteiger partial charge in [-0.15, -0.1) is 5.10 Å². The first kappa shape index (κ1) is 48.0. The minimum atomic E-state index is -1.04. The Balaban J connectivity index is 0.753. The molecule has 0 radical (unpaired) electrons. The standard InChI is InChI=1S/C44H49Cl2N11O11/c1-52-38-37(42(63)53(2)44(52)64)56(25-34-51-50-30(10-18-68-34)26-6-7-28(45)29(46)24-26)43(49-38)55-15-13-54(14-16-55)35(59)11-17-65-20-22-67-23-21-66-19-12-47-31-5-3-4-27-36(31)41(62)57(40(27)61)32-8-9-33(58)48-39(32)60/h3-7,24,32,47H,8-23,25H2,1-2H3,(H,48,58,60). The Hall–Kier alpha value is -6.46. The minimum absolute atomic E-state index is 0.00443. The van der Waals surface area contributed by atoms with E-state index in [1.54, 1.807) is 46.8 Å². The van der Waals surface area contributed by atoms with Gasteiger partial charge in [-0.05, 0) is 36.2 Å². The van der Waals surface area contributed by atoms with Crippen molar-refractivity contribution in [1.29, 1.82) is 0 Å². The first-order valence-corrected chi connectivity index (χ1v) is 22.8. The number of benzene rings is 2. The van der Waals surface area contributed by atoms with Gasteiger partial charge in [0, 0.05) is 65.3 Å². The molecule has 5 amide bonds. The number of carbonyl (C=O) groups excluding carboxylic acids is 5. The Bertz CT molecular complexity index is 2830. The van der Waals surface area contributed by atoms with E-state index in [1.165, 1.54) is 17.7 Å². The number of hydrogen-bond acceptors (Lipinski definition) is 16. The zero-order chi connectivity index (χ0) is 48.1. The molecule has 1 atom stereocenters. The molecule has 0 aliphatic carbocycles. The maximum atomic E-state index is 13.6. The minimum Gasteiger partial charge on any atom is -0.478 e. The summed E-state index contributed by atoms with van der Waals surface area (Å²) in [5.74, 6) is -1.68. The lowest BCUT2D eigenvalue weighted by molar-refractivity contribution is -0.136. The lowest BCUT2D eigenvalue weighted by Crippen LogP contribution is -2.54. The molecule has 360 valence electrons. The third kappa shape index (κ3) is 10.2. The maximum absolute atomic E-state index is 13.6. The number of aromatic nitrogens is 4. The Labute approximate surface area is 398 Å². The van der Waals surface area contributed by atoms with Gasteiger partial charge in [0.25, 0.3) is 17.4 Å². The summed E-state index contributed by atoms with van der Waals surface area (Å²) < 4.78 is 26.9. The van der Waals surface area contributed by atoms with E-state index in [9.17, 15) is 33.6 Å². The van der Waals surface area contributed by atoms with Crippen LogP contribution in [0.2, 0.25) is 10.0 Å². The number of imidazole rings is 1. The van der Waals surface area contributed by atoms with Crippen molar-refractivity contribution in [2.75, 3.05) is 89.2 Å². The number of imide groups is 2. The normalized spacial score (nSPS) is 17.5. The van der Waals surface area contributed by atoms with E-state index in [4.69, 9.17) is 47.1 Å². The summed E-state index contributed by atoms with van der Waals surface area (Å²) in [7, 11) is 2.96. The SMILES string of the molecule is Cn1c(=O)c2c(nc(N3CCN(C(=O)CCOCCOCCOCCNc4cccc5c4C(=O)N(C4CCC(=O)NC4=O)C5=O)CC3)n2CC2=NN=C(c3ccc(Cl)c(Cl)c3)CCO2)n(C)c1=O. The summed E-state index contributed by atoms with van der Waals surface area (Å²) in [6.07, 6.45) is 0.735. The van der Waals surface area contributed by atoms with Gasteiger partial charge in [-0.25, -0.2) is 4.79 Å². The average molecular weight is 979 g/mol. The van der Waals surface area contributed by atoms with Crippen LogP contribution in [0, 0.1) is 0 Å². The monoisotopic (exact) mass is 977 g/mol. The molecule has 2 N–H and O–H groups in total. The molecule has 2 aromatic heterocycles. The van der Waals surface area contributed by atoms with Crippen molar-refractivity contribution in [1.82, 2.24) is 33.8 Å². The van der Waals surface area contributed by atoms with E-state index in [0.717, 1.165) is 15.0 Å². The number of fused-ring (bicyclic) bond motifs is 2. The van der Waals surface area contributed by atoms with Gasteiger partial charge in [0.15, 0.2) is 11.2 Å². The Morgan fingerprint density at radius 1 is 0.853 bits per heavy atom. The summed E-state index contributed by atoms with van der Waals surface area (Å²) in [5.41, 5.74) is 1.57. The van der Waals surface area contributed by atoms with Crippen LogP contribution in [0.1, 0.15) is 52.0 Å². The fourth-order valence-electron chi connectivity index (χ4n) is 8.31. The lowest BCUT2D eigenvalue weighted by atomic mass is 10.0. The largest absolute Gasteiger partial charge is 0.478 e. The van der Waals surface area contributed by atoms with Crippen molar-refractivity contribution in [3.05, 3.63) is 84.0 Å². The van der Waals surface area contributed by atoms with Crippen LogP contribution < -0.4 is 26.8 Å². The number of aryl methyl sites for hydroxylation is 1. The summed E-state index contributed by atoms with van der Waals surface area (Å²) in [6, 6.07) is 9.01. The highest BCUT2D eigenvalue weighted by Crippen LogP contribution is 2.32. The second-order valence-electron chi connectivity index (χ2n) is 16.2. The Kier molecular flexibility index (Phi) is 15.0. The third-order valence-corrected chi connectivity index (χ3v) is 12.7. The zero-order valence-corrected chi connectivity index (χ0v) is 38.8. The van der Waals surface area contributed by atoms with Gasteiger partial charge in [-0.3, -0.25) is 52.7 Å². The quantitative estimate of drug-likeness (QED) is 0.106. The van der Waals surface area contributed by atoms with Crippen molar-refractivity contribution < 1.29 is 42.9 Å². The molecule has 2 fully saturated rings. The van der Waals surface area contributed by atoms with Gasteiger partial charge in [-0.1, -0.05) is 35.3 Å². The number of rotatable bonds is 18. The number of carbonyl (C=O) groups is 5. The number of nitrogens with one attached hydrogen (secondary N) is 2. The fraction of sp³-hybridized carbons (Fsp3) is 0.455. The number of nitrogens with zero attached hydrogens (tertiary/aromatic N) is 9. The first-order chi connectivity index (χ1) is 32.8. The molecule has 2 saturated heterocycles. The van der Waals surface area contributed by atoms with E-state index in [1.807, 2.05) is 4.90 Å². The lowest BCUT2D eigenvalue weighted by Gasteiger charge is -2.35. The van der Waals surface area contributed by atoms with Crippen LogP contribution in [0.15, 0.2) is 56.2 Å². The predicted octanol–water partition coefficient (Wildman–Crippen LogP) is 1.57. The number of amides is 5. The molecule has 6 heterocycles. The molecule has 22 nitrogen and oxygen atoms in total. The number of piperidine rings is 1. The second kappa shape index (κ2) is 21.2. The van der Waals surface area contributed by atoms with Crippen molar-refractivity contribution in [2.24, 2.45) is 24.3 Å². The number of anilines is 2. The van der Waals surface area contributed by atoms with E-state index < -0.39 is 40.9 Å². The molecule has 0 spiro atoms. The number of hydrogen-bond donors (Lipinski definition) is 2.